The van der Waals surface area contributed by atoms with Crippen molar-refractivity contribution in [2.45, 2.75) is 23.2 Å². The molecule has 164 valence electrons. The molecule has 3 heterocycles. The first-order valence-electron chi connectivity index (χ1n) is 9.47. The predicted molar refractivity (Wildman–Crippen MR) is 108 cm³/mol. The Kier molecular flexibility index (Phi) is 5.48. The van der Waals surface area contributed by atoms with Crippen molar-refractivity contribution >= 4 is 15.7 Å². The zero-order chi connectivity index (χ0) is 22.2. The number of anilines is 1. The second-order valence-electron chi connectivity index (χ2n) is 7.39. The summed E-state index contributed by atoms with van der Waals surface area (Å²) in [5.74, 6) is -0.262. The van der Waals surface area contributed by atoms with Crippen LogP contribution < -0.4 is 5.32 Å². The Labute approximate surface area is 177 Å². The molecule has 1 fully saturated rings. The highest BCUT2D eigenvalue weighted by molar-refractivity contribution is 7.89. The molecule has 31 heavy (non-hydrogen) atoms. The molecule has 1 saturated heterocycles. The summed E-state index contributed by atoms with van der Waals surface area (Å²) < 4.78 is 68.1. The summed E-state index contributed by atoms with van der Waals surface area (Å²) in [5.41, 5.74) is 0.110. The van der Waals surface area contributed by atoms with Gasteiger partial charge in [-0.2, -0.15) is 17.5 Å². The lowest BCUT2D eigenvalue weighted by Crippen LogP contribution is -2.32. The van der Waals surface area contributed by atoms with E-state index in [1.807, 2.05) is 30.3 Å². The molecule has 0 bridgehead atoms. The van der Waals surface area contributed by atoms with Gasteiger partial charge < -0.3 is 9.88 Å². The van der Waals surface area contributed by atoms with Crippen LogP contribution in [0.1, 0.15) is 17.2 Å². The van der Waals surface area contributed by atoms with E-state index in [1.54, 1.807) is 11.6 Å². The second-order valence-corrected chi connectivity index (χ2v) is 9.28. The summed E-state index contributed by atoms with van der Waals surface area (Å²) in [6.07, 6.45) is -0.657. The molecule has 1 aliphatic heterocycles. The SMILES string of the molecule is Cn1cnc(S(=O)(=O)N2C[C@@H](Nc3ccnc(C(F)(F)F)c3)[C@H](c3ccccc3)C2)c1. The number of alkyl halides is 3. The third kappa shape index (κ3) is 4.42. The standard InChI is InChI=1S/C20H20F3N5O2S/c1-27-12-19(25-13-27)31(29,30)28-10-16(14-5-3-2-4-6-14)17(11-28)26-15-7-8-24-18(9-15)20(21,22)23/h2-9,12-13,16-17H,10-11H2,1H3,(H,24,26)/t16-,17+/m0/s1. The number of pyridine rings is 1. The Morgan fingerprint density at radius 1 is 1.10 bits per heavy atom. The minimum Gasteiger partial charge on any atom is -0.380 e. The highest BCUT2D eigenvalue weighted by atomic mass is 32.2. The number of hydrogen-bond acceptors (Lipinski definition) is 5. The van der Waals surface area contributed by atoms with Crippen molar-refractivity contribution in [3.8, 4) is 0 Å². The number of hydrogen-bond donors (Lipinski definition) is 1. The first-order chi connectivity index (χ1) is 14.6. The van der Waals surface area contributed by atoms with Crippen molar-refractivity contribution in [1.82, 2.24) is 18.8 Å². The summed E-state index contributed by atoms with van der Waals surface area (Å²) in [5, 5.41) is 3.02. The van der Waals surface area contributed by atoms with Crippen LogP contribution in [0.15, 0.2) is 66.2 Å². The molecule has 0 amide bonds. The molecule has 0 radical (unpaired) electrons. The summed E-state index contributed by atoms with van der Waals surface area (Å²) in [7, 11) is -2.17. The van der Waals surface area contributed by atoms with Gasteiger partial charge in [-0.1, -0.05) is 30.3 Å². The number of nitrogens with zero attached hydrogens (tertiary/aromatic N) is 4. The average molecular weight is 451 g/mol. The van der Waals surface area contributed by atoms with Gasteiger partial charge in [-0.15, -0.1) is 0 Å². The van der Waals surface area contributed by atoms with E-state index in [9.17, 15) is 21.6 Å². The highest BCUT2D eigenvalue weighted by Gasteiger charge is 2.41. The van der Waals surface area contributed by atoms with Gasteiger partial charge >= 0.3 is 6.18 Å². The number of aryl methyl sites for hydroxylation is 1. The van der Waals surface area contributed by atoms with E-state index >= 15 is 0 Å². The molecule has 0 aliphatic carbocycles. The number of halogens is 3. The fourth-order valence-electron chi connectivity index (χ4n) is 3.69. The Balaban J connectivity index is 1.65. The van der Waals surface area contributed by atoms with Crippen LogP contribution in [0.5, 0.6) is 0 Å². The maximum absolute atomic E-state index is 13.1. The number of rotatable bonds is 5. The van der Waals surface area contributed by atoms with E-state index in [0.717, 1.165) is 17.8 Å². The smallest absolute Gasteiger partial charge is 0.380 e. The van der Waals surface area contributed by atoms with Crippen molar-refractivity contribution in [2.24, 2.45) is 7.05 Å². The number of aromatic nitrogens is 3. The maximum Gasteiger partial charge on any atom is 0.433 e. The molecule has 1 aliphatic rings. The molecule has 0 unspecified atom stereocenters. The lowest BCUT2D eigenvalue weighted by molar-refractivity contribution is -0.141. The van der Waals surface area contributed by atoms with E-state index in [2.05, 4.69) is 15.3 Å². The molecule has 2 atom stereocenters. The summed E-state index contributed by atoms with van der Waals surface area (Å²) >= 11 is 0. The summed E-state index contributed by atoms with van der Waals surface area (Å²) in [6, 6.07) is 11.2. The van der Waals surface area contributed by atoms with Gasteiger partial charge in [-0.3, -0.25) is 4.98 Å². The summed E-state index contributed by atoms with van der Waals surface area (Å²) in [4.78, 5) is 7.33. The van der Waals surface area contributed by atoms with Gasteiger partial charge in [0.05, 0.1) is 6.33 Å². The topological polar surface area (TPSA) is 80.1 Å². The lowest BCUT2D eigenvalue weighted by Gasteiger charge is -2.21. The van der Waals surface area contributed by atoms with E-state index in [1.165, 1.54) is 22.9 Å². The van der Waals surface area contributed by atoms with Crippen molar-refractivity contribution in [1.29, 1.82) is 0 Å². The highest BCUT2D eigenvalue weighted by Crippen LogP contribution is 2.34. The minimum absolute atomic E-state index is 0.0641. The van der Waals surface area contributed by atoms with Gasteiger partial charge in [-0.05, 0) is 17.7 Å². The monoisotopic (exact) mass is 451 g/mol. The fourth-order valence-corrected chi connectivity index (χ4v) is 5.15. The quantitative estimate of drug-likeness (QED) is 0.645. The molecule has 1 N–H and O–H groups in total. The van der Waals surface area contributed by atoms with Crippen molar-refractivity contribution < 1.29 is 21.6 Å². The van der Waals surface area contributed by atoms with Gasteiger partial charge in [0.1, 0.15) is 5.69 Å². The van der Waals surface area contributed by atoms with Crippen LogP contribution in [0.25, 0.3) is 0 Å². The first-order valence-corrected chi connectivity index (χ1v) is 10.9. The van der Waals surface area contributed by atoms with Gasteiger partial charge in [-0.25, -0.2) is 13.4 Å². The number of imidazole rings is 1. The molecule has 0 saturated carbocycles. The Bertz CT molecular complexity index is 1160. The molecule has 4 rings (SSSR count). The predicted octanol–water partition coefficient (Wildman–Crippen LogP) is 3.10. The van der Waals surface area contributed by atoms with Crippen LogP contribution >= 0.6 is 0 Å². The number of nitrogens with one attached hydrogen (secondary N) is 1. The largest absolute Gasteiger partial charge is 0.433 e. The molecule has 7 nitrogen and oxygen atoms in total. The van der Waals surface area contributed by atoms with Gasteiger partial charge in [0, 0.05) is 50.2 Å². The van der Waals surface area contributed by atoms with Crippen LogP contribution in [-0.2, 0) is 23.2 Å². The third-order valence-electron chi connectivity index (χ3n) is 5.20. The molecular weight excluding hydrogens is 431 g/mol. The van der Waals surface area contributed by atoms with Crippen LogP contribution in [0.2, 0.25) is 0 Å². The van der Waals surface area contributed by atoms with E-state index in [-0.39, 0.29) is 29.7 Å². The number of sulfonamides is 1. The Morgan fingerprint density at radius 3 is 2.48 bits per heavy atom. The summed E-state index contributed by atoms with van der Waals surface area (Å²) in [6.45, 7) is 0.264. The van der Waals surface area contributed by atoms with Gasteiger partial charge in [0.25, 0.3) is 10.0 Å². The maximum atomic E-state index is 13.1. The van der Waals surface area contributed by atoms with Crippen LogP contribution in [0, 0.1) is 0 Å². The molecule has 11 heteroatoms. The third-order valence-corrected chi connectivity index (χ3v) is 6.92. The van der Waals surface area contributed by atoms with E-state index in [0.29, 0.717) is 0 Å². The van der Waals surface area contributed by atoms with Crippen LogP contribution in [0.3, 0.4) is 0 Å². The normalized spacial score (nSPS) is 20.1. The fraction of sp³-hybridized carbons (Fsp3) is 0.300. The Morgan fingerprint density at radius 2 is 1.84 bits per heavy atom. The second kappa shape index (κ2) is 7.97. The van der Waals surface area contributed by atoms with Crippen molar-refractivity contribution in [3.05, 3.63) is 72.4 Å². The van der Waals surface area contributed by atoms with Crippen LogP contribution in [0.4, 0.5) is 18.9 Å². The van der Waals surface area contributed by atoms with Gasteiger partial charge in [0.2, 0.25) is 0 Å². The first kappa shape index (κ1) is 21.3. The molecule has 3 aromatic rings. The zero-order valence-corrected chi connectivity index (χ0v) is 17.3. The molecule has 0 spiro atoms. The Hall–Kier alpha value is -2.92. The van der Waals surface area contributed by atoms with Gasteiger partial charge in [0.15, 0.2) is 5.03 Å². The minimum atomic E-state index is -4.57. The van der Waals surface area contributed by atoms with E-state index < -0.39 is 27.9 Å². The van der Waals surface area contributed by atoms with Crippen molar-refractivity contribution in [3.63, 3.8) is 0 Å². The number of benzene rings is 1. The lowest BCUT2D eigenvalue weighted by atomic mass is 9.94. The van der Waals surface area contributed by atoms with Crippen LogP contribution in [-0.4, -0.2) is 46.4 Å². The van der Waals surface area contributed by atoms with E-state index in [4.69, 9.17) is 0 Å². The molecule has 2 aromatic heterocycles. The van der Waals surface area contributed by atoms with Crippen molar-refractivity contribution in [2.75, 3.05) is 18.4 Å². The average Bonchev–Trinajstić information content (AvgIpc) is 3.36. The molecule has 1 aromatic carbocycles. The molecular formula is C20H20F3N5O2S. The zero-order valence-electron chi connectivity index (χ0n) is 16.5.